The van der Waals surface area contributed by atoms with Crippen molar-refractivity contribution in [2.24, 2.45) is 5.92 Å². The van der Waals surface area contributed by atoms with Gasteiger partial charge in [-0.25, -0.2) is 4.98 Å². The molecule has 0 aliphatic heterocycles. The first kappa shape index (κ1) is 9.88. The number of fused-ring (bicyclic) bond motifs is 3. The Kier molecular flexibility index (Phi) is 2.06. The Labute approximate surface area is 96.3 Å². The van der Waals surface area contributed by atoms with Crippen LogP contribution in [0.15, 0.2) is 18.3 Å². The van der Waals surface area contributed by atoms with Crippen LogP contribution in [0.5, 0.6) is 0 Å². The molecule has 2 aromatic rings. The first-order valence-corrected chi connectivity index (χ1v) is 6.15. The molecule has 0 radical (unpaired) electrons. The fourth-order valence-corrected chi connectivity index (χ4v) is 2.77. The fourth-order valence-electron chi connectivity index (χ4n) is 2.77. The van der Waals surface area contributed by atoms with Crippen LogP contribution in [0.2, 0.25) is 0 Å². The Balaban J connectivity index is 2.30. The van der Waals surface area contributed by atoms with Gasteiger partial charge in [0.25, 0.3) is 0 Å². The molecule has 0 amide bonds. The van der Waals surface area contributed by atoms with Crippen LogP contribution in [-0.4, -0.2) is 9.38 Å². The summed E-state index contributed by atoms with van der Waals surface area (Å²) < 4.78 is 2.28. The number of hydrogen-bond donors (Lipinski definition) is 0. The zero-order valence-corrected chi connectivity index (χ0v) is 10.2. The first-order valence-electron chi connectivity index (χ1n) is 6.15. The summed E-state index contributed by atoms with van der Waals surface area (Å²) >= 11 is 0. The van der Waals surface area contributed by atoms with Crippen LogP contribution >= 0.6 is 0 Å². The maximum atomic E-state index is 4.85. The van der Waals surface area contributed by atoms with Crippen molar-refractivity contribution in [3.05, 3.63) is 35.3 Å². The Morgan fingerprint density at radius 3 is 3.00 bits per heavy atom. The number of aryl methyl sites for hydroxylation is 2. The third kappa shape index (κ3) is 1.22. The van der Waals surface area contributed by atoms with Gasteiger partial charge in [-0.2, -0.15) is 0 Å². The second-order valence-corrected chi connectivity index (χ2v) is 5.13. The van der Waals surface area contributed by atoms with Gasteiger partial charge >= 0.3 is 0 Å². The largest absolute Gasteiger partial charge is 0.304 e. The molecule has 1 aliphatic rings. The number of imidazole rings is 1. The molecule has 3 rings (SSSR count). The summed E-state index contributed by atoms with van der Waals surface area (Å²) in [7, 11) is 0. The van der Waals surface area contributed by atoms with Crippen LogP contribution in [0.1, 0.15) is 43.1 Å². The van der Waals surface area contributed by atoms with Gasteiger partial charge in [0.05, 0.1) is 5.69 Å². The Morgan fingerprint density at radius 1 is 1.38 bits per heavy atom. The maximum absolute atomic E-state index is 4.85. The molecule has 0 fully saturated rings. The Morgan fingerprint density at radius 2 is 2.19 bits per heavy atom. The first-order chi connectivity index (χ1) is 7.68. The van der Waals surface area contributed by atoms with Gasteiger partial charge in [0.15, 0.2) is 0 Å². The predicted octanol–water partition coefficient (Wildman–Crippen LogP) is 3.33. The van der Waals surface area contributed by atoms with Crippen molar-refractivity contribution in [1.82, 2.24) is 9.38 Å². The van der Waals surface area contributed by atoms with E-state index in [-0.39, 0.29) is 0 Å². The van der Waals surface area contributed by atoms with Gasteiger partial charge < -0.3 is 4.40 Å². The van der Waals surface area contributed by atoms with E-state index in [0.717, 1.165) is 11.6 Å². The molecule has 0 spiro atoms. The average molecular weight is 214 g/mol. The highest BCUT2D eigenvalue weighted by atomic mass is 15.0. The van der Waals surface area contributed by atoms with Crippen molar-refractivity contribution in [1.29, 1.82) is 0 Å². The van der Waals surface area contributed by atoms with E-state index < -0.39 is 0 Å². The van der Waals surface area contributed by atoms with E-state index in [1.54, 1.807) is 0 Å². The number of hydrogen-bond acceptors (Lipinski definition) is 1. The summed E-state index contributed by atoms with van der Waals surface area (Å²) in [5.74, 6) is 1.36. The topological polar surface area (TPSA) is 17.3 Å². The molecule has 2 heteroatoms. The lowest BCUT2D eigenvalue weighted by Gasteiger charge is -2.24. The number of nitrogens with zero attached hydrogens (tertiary/aromatic N) is 2. The highest BCUT2D eigenvalue weighted by Crippen LogP contribution is 2.35. The van der Waals surface area contributed by atoms with Crippen LogP contribution in [-0.2, 0) is 6.42 Å². The zero-order chi connectivity index (χ0) is 11.3. The molecule has 0 N–H and O–H groups in total. The van der Waals surface area contributed by atoms with Crippen LogP contribution in [0.4, 0.5) is 0 Å². The minimum Gasteiger partial charge on any atom is -0.304 e. The van der Waals surface area contributed by atoms with Crippen LogP contribution in [0, 0.1) is 12.8 Å². The normalized spacial score (nSPS) is 24.7. The number of aromatic nitrogens is 2. The van der Waals surface area contributed by atoms with Gasteiger partial charge in [0, 0.05) is 17.8 Å². The molecular weight excluding hydrogens is 196 g/mol. The lowest BCUT2D eigenvalue weighted by molar-refractivity contribution is 0.415. The SMILES string of the molecule is Cc1cccn2c3c(nc12)C(C)C(C)CC3. The van der Waals surface area contributed by atoms with Gasteiger partial charge in [-0.15, -0.1) is 0 Å². The molecule has 2 heterocycles. The smallest absolute Gasteiger partial charge is 0.140 e. The standard InChI is InChI=1S/C14H18N2/c1-9-6-7-12-13(11(9)3)15-14-10(2)5-4-8-16(12)14/h4-5,8-9,11H,6-7H2,1-3H3. The van der Waals surface area contributed by atoms with E-state index in [1.165, 1.54) is 29.8 Å². The van der Waals surface area contributed by atoms with Crippen molar-refractivity contribution >= 4 is 5.65 Å². The molecule has 2 unspecified atom stereocenters. The van der Waals surface area contributed by atoms with E-state index in [2.05, 4.69) is 43.5 Å². The third-order valence-corrected chi connectivity index (χ3v) is 4.10. The molecule has 1 aliphatic carbocycles. The molecule has 0 bridgehead atoms. The molecule has 0 saturated carbocycles. The second kappa shape index (κ2) is 3.34. The van der Waals surface area contributed by atoms with E-state index in [1.807, 2.05) is 0 Å². The minimum absolute atomic E-state index is 0.600. The summed E-state index contributed by atoms with van der Waals surface area (Å²) in [5.41, 5.74) is 5.18. The molecule has 2 aromatic heterocycles. The van der Waals surface area contributed by atoms with Crippen molar-refractivity contribution < 1.29 is 0 Å². The van der Waals surface area contributed by atoms with Crippen LogP contribution < -0.4 is 0 Å². The fraction of sp³-hybridized carbons (Fsp3) is 0.500. The minimum atomic E-state index is 0.600. The number of rotatable bonds is 0. The number of pyridine rings is 1. The Bertz CT molecular complexity index is 539. The average Bonchev–Trinajstić information content (AvgIpc) is 2.65. The van der Waals surface area contributed by atoms with Crippen LogP contribution in [0.3, 0.4) is 0 Å². The van der Waals surface area contributed by atoms with Gasteiger partial charge in [-0.05, 0) is 37.3 Å². The van der Waals surface area contributed by atoms with Gasteiger partial charge in [-0.3, -0.25) is 0 Å². The summed E-state index contributed by atoms with van der Waals surface area (Å²) in [6, 6.07) is 4.26. The molecule has 2 atom stereocenters. The highest BCUT2D eigenvalue weighted by molar-refractivity contribution is 5.51. The van der Waals surface area contributed by atoms with Gasteiger partial charge in [-0.1, -0.05) is 19.9 Å². The highest BCUT2D eigenvalue weighted by Gasteiger charge is 2.27. The second-order valence-electron chi connectivity index (χ2n) is 5.13. The van der Waals surface area contributed by atoms with Gasteiger partial charge in [0.1, 0.15) is 5.65 Å². The molecule has 0 aromatic carbocycles. The summed E-state index contributed by atoms with van der Waals surface area (Å²) in [6.07, 6.45) is 4.61. The molecule has 2 nitrogen and oxygen atoms in total. The van der Waals surface area contributed by atoms with Crippen molar-refractivity contribution in [3.8, 4) is 0 Å². The molecule has 84 valence electrons. The maximum Gasteiger partial charge on any atom is 0.140 e. The lowest BCUT2D eigenvalue weighted by Crippen LogP contribution is -2.16. The third-order valence-electron chi connectivity index (χ3n) is 4.10. The van der Waals surface area contributed by atoms with E-state index in [0.29, 0.717) is 5.92 Å². The van der Waals surface area contributed by atoms with E-state index in [4.69, 9.17) is 4.98 Å². The van der Waals surface area contributed by atoms with E-state index in [9.17, 15) is 0 Å². The molecule has 0 saturated heterocycles. The van der Waals surface area contributed by atoms with Crippen molar-refractivity contribution in [3.63, 3.8) is 0 Å². The molecular formula is C14H18N2. The van der Waals surface area contributed by atoms with Crippen molar-refractivity contribution in [2.75, 3.05) is 0 Å². The summed E-state index contributed by atoms with van der Waals surface area (Å²) in [6.45, 7) is 6.79. The van der Waals surface area contributed by atoms with Gasteiger partial charge in [0.2, 0.25) is 0 Å². The van der Waals surface area contributed by atoms with Crippen LogP contribution in [0.25, 0.3) is 5.65 Å². The summed E-state index contributed by atoms with van der Waals surface area (Å²) in [5, 5.41) is 0. The predicted molar refractivity (Wildman–Crippen MR) is 65.8 cm³/mol. The Hall–Kier alpha value is -1.31. The molecule has 16 heavy (non-hydrogen) atoms. The summed E-state index contributed by atoms with van der Waals surface area (Å²) in [4.78, 5) is 4.85. The quantitative estimate of drug-likeness (QED) is 0.657. The lowest BCUT2D eigenvalue weighted by atomic mass is 9.82. The zero-order valence-electron chi connectivity index (χ0n) is 10.2. The monoisotopic (exact) mass is 214 g/mol. The van der Waals surface area contributed by atoms with E-state index >= 15 is 0 Å². The van der Waals surface area contributed by atoms with Crippen molar-refractivity contribution in [2.45, 2.75) is 39.5 Å².